The summed E-state index contributed by atoms with van der Waals surface area (Å²) < 4.78 is 4.91. The summed E-state index contributed by atoms with van der Waals surface area (Å²) in [5, 5.41) is 3.48. The third-order valence-corrected chi connectivity index (χ3v) is 3.52. The monoisotopic (exact) mass is 263 g/mol. The number of rotatable bonds is 7. The van der Waals surface area contributed by atoms with E-state index in [-0.39, 0.29) is 11.9 Å². The lowest BCUT2D eigenvalue weighted by Gasteiger charge is -2.24. The van der Waals surface area contributed by atoms with Crippen LogP contribution in [0.4, 0.5) is 0 Å². The molecule has 0 radical (unpaired) electrons. The van der Waals surface area contributed by atoms with Gasteiger partial charge in [-0.25, -0.2) is 0 Å². The van der Waals surface area contributed by atoms with Crippen LogP contribution in [-0.4, -0.2) is 25.7 Å². The predicted octanol–water partition coefficient (Wildman–Crippen LogP) is 2.97. The maximum atomic E-state index is 11.9. The van der Waals surface area contributed by atoms with E-state index in [4.69, 9.17) is 4.74 Å². The van der Waals surface area contributed by atoms with Gasteiger partial charge in [-0.2, -0.15) is 0 Å². The minimum Gasteiger partial charge on any atom is -0.469 e. The lowest BCUT2D eigenvalue weighted by atomic mass is 9.96. The van der Waals surface area contributed by atoms with Crippen LogP contribution >= 0.6 is 0 Å². The van der Waals surface area contributed by atoms with Crippen molar-refractivity contribution in [1.82, 2.24) is 5.32 Å². The standard InChI is InChI=1S/C16H25NO2/c1-5-15(12(2)3)17-11-14(16(18)19-4)13-9-7-6-8-10-13/h6-10,12,14-15,17H,5,11H2,1-4H3. The van der Waals surface area contributed by atoms with Crippen LogP contribution in [0, 0.1) is 5.92 Å². The molecule has 3 nitrogen and oxygen atoms in total. The number of esters is 1. The molecule has 1 aromatic rings. The van der Waals surface area contributed by atoms with E-state index in [1.807, 2.05) is 30.3 Å². The maximum absolute atomic E-state index is 11.9. The molecule has 2 atom stereocenters. The molecule has 0 aliphatic heterocycles. The smallest absolute Gasteiger partial charge is 0.314 e. The number of benzene rings is 1. The Balaban J connectivity index is 2.74. The highest BCUT2D eigenvalue weighted by atomic mass is 16.5. The minimum absolute atomic E-state index is 0.183. The van der Waals surface area contributed by atoms with E-state index >= 15 is 0 Å². The first-order valence-corrected chi connectivity index (χ1v) is 6.96. The van der Waals surface area contributed by atoms with Gasteiger partial charge in [-0.1, -0.05) is 51.1 Å². The first-order chi connectivity index (χ1) is 9.10. The van der Waals surface area contributed by atoms with Gasteiger partial charge >= 0.3 is 5.97 Å². The molecule has 0 spiro atoms. The quantitative estimate of drug-likeness (QED) is 0.769. The molecule has 0 saturated carbocycles. The molecule has 2 unspecified atom stereocenters. The molecule has 1 aromatic carbocycles. The summed E-state index contributed by atoms with van der Waals surface area (Å²) >= 11 is 0. The largest absolute Gasteiger partial charge is 0.469 e. The molecule has 0 aromatic heterocycles. The predicted molar refractivity (Wildman–Crippen MR) is 78.1 cm³/mol. The molecule has 0 bridgehead atoms. The molecule has 0 fully saturated rings. The fraction of sp³-hybridized carbons (Fsp3) is 0.562. The Bertz CT molecular complexity index is 376. The summed E-state index contributed by atoms with van der Waals surface area (Å²) in [7, 11) is 1.44. The Morgan fingerprint density at radius 3 is 2.37 bits per heavy atom. The lowest BCUT2D eigenvalue weighted by molar-refractivity contribution is -0.142. The van der Waals surface area contributed by atoms with Crippen molar-refractivity contribution in [2.24, 2.45) is 5.92 Å². The number of carbonyl (C=O) groups is 1. The Labute approximate surface area is 116 Å². The van der Waals surface area contributed by atoms with E-state index in [9.17, 15) is 4.79 Å². The molecule has 0 aliphatic carbocycles. The molecule has 0 amide bonds. The average Bonchev–Trinajstić information content (AvgIpc) is 2.43. The Morgan fingerprint density at radius 2 is 1.89 bits per heavy atom. The van der Waals surface area contributed by atoms with Crippen LogP contribution in [0.15, 0.2) is 30.3 Å². The molecule has 3 heteroatoms. The van der Waals surface area contributed by atoms with Crippen LogP contribution in [0.1, 0.15) is 38.7 Å². The van der Waals surface area contributed by atoms with Crippen LogP contribution in [0.5, 0.6) is 0 Å². The minimum atomic E-state index is -0.237. The zero-order valence-corrected chi connectivity index (χ0v) is 12.3. The summed E-state index contributed by atoms with van der Waals surface area (Å²) in [5.41, 5.74) is 1.00. The van der Waals surface area contributed by atoms with Gasteiger partial charge in [0.05, 0.1) is 13.0 Å². The Kier molecular flexibility index (Phi) is 6.57. The molecular formula is C16H25NO2. The number of carbonyl (C=O) groups excluding carboxylic acids is 1. The highest BCUT2D eigenvalue weighted by Crippen LogP contribution is 2.17. The van der Waals surface area contributed by atoms with Crippen LogP contribution in [0.2, 0.25) is 0 Å². The van der Waals surface area contributed by atoms with E-state index in [0.717, 1.165) is 12.0 Å². The molecule has 1 N–H and O–H groups in total. The highest BCUT2D eigenvalue weighted by molar-refractivity contribution is 5.78. The van der Waals surface area contributed by atoms with Crippen LogP contribution < -0.4 is 5.32 Å². The number of hydrogen-bond donors (Lipinski definition) is 1. The topological polar surface area (TPSA) is 38.3 Å². The average molecular weight is 263 g/mol. The van der Waals surface area contributed by atoms with Gasteiger partial charge in [0.2, 0.25) is 0 Å². The second kappa shape index (κ2) is 7.95. The molecular weight excluding hydrogens is 238 g/mol. The number of ether oxygens (including phenoxy) is 1. The molecule has 0 heterocycles. The zero-order chi connectivity index (χ0) is 14.3. The SMILES string of the molecule is CCC(NCC(C(=O)OC)c1ccccc1)C(C)C. The van der Waals surface area contributed by atoms with E-state index in [1.54, 1.807) is 0 Å². The van der Waals surface area contributed by atoms with E-state index in [1.165, 1.54) is 7.11 Å². The van der Waals surface area contributed by atoms with Gasteiger partial charge in [0, 0.05) is 12.6 Å². The maximum Gasteiger partial charge on any atom is 0.314 e. The Hall–Kier alpha value is -1.35. The summed E-state index contributed by atoms with van der Waals surface area (Å²) in [5.74, 6) is 0.135. The van der Waals surface area contributed by atoms with Crippen molar-refractivity contribution in [3.8, 4) is 0 Å². The second-order valence-electron chi connectivity index (χ2n) is 5.15. The molecule has 19 heavy (non-hydrogen) atoms. The fourth-order valence-corrected chi connectivity index (χ4v) is 2.29. The van der Waals surface area contributed by atoms with Gasteiger partial charge in [-0.15, -0.1) is 0 Å². The van der Waals surface area contributed by atoms with Crippen molar-refractivity contribution in [1.29, 1.82) is 0 Å². The van der Waals surface area contributed by atoms with Crippen molar-refractivity contribution >= 4 is 5.97 Å². The van der Waals surface area contributed by atoms with Crippen molar-refractivity contribution in [3.05, 3.63) is 35.9 Å². The van der Waals surface area contributed by atoms with Crippen LogP contribution in [0.25, 0.3) is 0 Å². The lowest BCUT2D eigenvalue weighted by Crippen LogP contribution is -2.38. The van der Waals surface area contributed by atoms with Gasteiger partial charge in [0.25, 0.3) is 0 Å². The van der Waals surface area contributed by atoms with Gasteiger partial charge < -0.3 is 10.1 Å². The van der Waals surface area contributed by atoms with Crippen LogP contribution in [0.3, 0.4) is 0 Å². The zero-order valence-electron chi connectivity index (χ0n) is 12.3. The van der Waals surface area contributed by atoms with Gasteiger partial charge in [0.15, 0.2) is 0 Å². The number of nitrogens with one attached hydrogen (secondary N) is 1. The molecule has 0 saturated heterocycles. The van der Waals surface area contributed by atoms with Gasteiger partial charge in [-0.05, 0) is 17.9 Å². The number of methoxy groups -OCH3 is 1. The van der Waals surface area contributed by atoms with Crippen molar-refractivity contribution in [3.63, 3.8) is 0 Å². The van der Waals surface area contributed by atoms with E-state index in [0.29, 0.717) is 18.5 Å². The third kappa shape index (κ3) is 4.67. The highest BCUT2D eigenvalue weighted by Gasteiger charge is 2.22. The molecule has 0 aliphatic rings. The van der Waals surface area contributed by atoms with Crippen LogP contribution in [-0.2, 0) is 9.53 Å². The fourth-order valence-electron chi connectivity index (χ4n) is 2.29. The van der Waals surface area contributed by atoms with E-state index in [2.05, 4.69) is 26.1 Å². The van der Waals surface area contributed by atoms with Crippen molar-refractivity contribution < 1.29 is 9.53 Å². The van der Waals surface area contributed by atoms with E-state index < -0.39 is 0 Å². The van der Waals surface area contributed by atoms with Gasteiger partial charge in [-0.3, -0.25) is 4.79 Å². The van der Waals surface area contributed by atoms with Gasteiger partial charge in [0.1, 0.15) is 0 Å². The van der Waals surface area contributed by atoms with Crippen molar-refractivity contribution in [2.45, 2.75) is 39.2 Å². The normalized spacial score (nSPS) is 14.2. The third-order valence-electron chi connectivity index (χ3n) is 3.52. The first kappa shape index (κ1) is 15.7. The summed E-state index contributed by atoms with van der Waals surface area (Å²) in [6, 6.07) is 10.2. The first-order valence-electron chi connectivity index (χ1n) is 6.96. The molecule has 106 valence electrons. The summed E-state index contributed by atoms with van der Waals surface area (Å²) in [4.78, 5) is 11.9. The summed E-state index contributed by atoms with van der Waals surface area (Å²) in [6.45, 7) is 7.16. The Morgan fingerprint density at radius 1 is 1.26 bits per heavy atom. The number of hydrogen-bond acceptors (Lipinski definition) is 3. The summed E-state index contributed by atoms with van der Waals surface area (Å²) in [6.07, 6.45) is 1.06. The van der Waals surface area contributed by atoms with Crippen molar-refractivity contribution in [2.75, 3.05) is 13.7 Å². The molecule has 1 rings (SSSR count). The second-order valence-corrected chi connectivity index (χ2v) is 5.15.